The first-order valence-corrected chi connectivity index (χ1v) is 11.6. The average Bonchev–Trinajstić information content (AvgIpc) is 2.90. The van der Waals surface area contributed by atoms with E-state index < -0.39 is 48.1 Å². The van der Waals surface area contributed by atoms with Crippen LogP contribution in [-0.4, -0.2) is 41.8 Å². The van der Waals surface area contributed by atoms with Crippen molar-refractivity contribution in [3.05, 3.63) is 22.7 Å². The first kappa shape index (κ1) is 22.3. The van der Waals surface area contributed by atoms with E-state index in [0.717, 1.165) is 4.57 Å². The Morgan fingerprint density at radius 2 is 1.85 bits per heavy atom. The minimum absolute atomic E-state index is 0.0263. The van der Waals surface area contributed by atoms with E-state index in [9.17, 15) is 23.4 Å². The Morgan fingerprint density at radius 3 is 2.44 bits per heavy atom. The first-order chi connectivity index (χ1) is 12.3. The molecule has 1 aliphatic heterocycles. The van der Waals surface area contributed by atoms with E-state index in [0.29, 0.717) is 6.42 Å². The second-order valence-electron chi connectivity index (χ2n) is 5.22. The van der Waals surface area contributed by atoms with Crippen molar-refractivity contribution in [1.82, 2.24) is 9.55 Å². The normalized spacial score (nSPS) is 25.0. The summed E-state index contributed by atoms with van der Waals surface area (Å²) in [5.74, 6) is 0.0263. The van der Waals surface area contributed by atoms with Crippen LogP contribution in [-0.2, 0) is 31.6 Å². The number of phosphoric acid groups is 3. The highest BCUT2D eigenvalue weighted by molar-refractivity contribution is 7.66. The summed E-state index contributed by atoms with van der Waals surface area (Å²) in [5.41, 5.74) is 4.72. The summed E-state index contributed by atoms with van der Waals surface area (Å²) in [7, 11) is -16.3. The average molecular weight is 451 g/mol. The minimum atomic E-state index is -5.58. The Morgan fingerprint density at radius 1 is 1.19 bits per heavy atom. The Bertz CT molecular complexity index is 882. The van der Waals surface area contributed by atoms with Gasteiger partial charge in [0.05, 0.1) is 12.7 Å². The molecule has 2 heterocycles. The van der Waals surface area contributed by atoms with Gasteiger partial charge in [-0.1, -0.05) is 0 Å². The molecule has 1 aliphatic rings. The van der Waals surface area contributed by atoms with E-state index in [4.69, 9.17) is 25.2 Å². The van der Waals surface area contributed by atoms with Gasteiger partial charge in [0.2, 0.25) is 0 Å². The van der Waals surface area contributed by atoms with Crippen LogP contribution in [0.5, 0.6) is 0 Å². The van der Waals surface area contributed by atoms with Gasteiger partial charge in [-0.3, -0.25) is 9.09 Å². The number of rotatable bonds is 8. The summed E-state index contributed by atoms with van der Waals surface area (Å²) < 4.78 is 51.6. The molecule has 1 aromatic heterocycles. The first-order valence-electron chi connectivity index (χ1n) is 7.05. The topological polar surface area (TPSA) is 230 Å². The summed E-state index contributed by atoms with van der Waals surface area (Å²) in [6.07, 6.45) is 0.456. The number of nitrogen functional groups attached to an aromatic ring is 1. The third-order valence-electron chi connectivity index (χ3n) is 3.09. The van der Waals surface area contributed by atoms with E-state index in [1.54, 1.807) is 0 Å². The van der Waals surface area contributed by atoms with Crippen molar-refractivity contribution in [3.8, 4) is 0 Å². The van der Waals surface area contributed by atoms with Gasteiger partial charge in [0.15, 0.2) is 0 Å². The highest BCUT2D eigenvalue weighted by atomic mass is 31.3. The quantitative estimate of drug-likeness (QED) is 0.324. The molecule has 1 fully saturated rings. The number of hydrogen-bond acceptors (Lipinski definition) is 10. The van der Waals surface area contributed by atoms with Gasteiger partial charge in [-0.2, -0.15) is 13.6 Å². The van der Waals surface area contributed by atoms with Gasteiger partial charge >= 0.3 is 29.2 Å². The highest BCUT2D eigenvalue weighted by Gasteiger charge is 2.41. The molecule has 3 unspecified atom stereocenters. The van der Waals surface area contributed by atoms with E-state index in [2.05, 4.69) is 18.1 Å². The summed E-state index contributed by atoms with van der Waals surface area (Å²) in [5, 5.41) is 0. The molecule has 0 bridgehead atoms. The van der Waals surface area contributed by atoms with Crippen molar-refractivity contribution >= 4 is 29.3 Å². The predicted octanol–water partition coefficient (Wildman–Crippen LogP) is -0.154. The van der Waals surface area contributed by atoms with Gasteiger partial charge in [-0.15, -0.1) is 0 Å². The monoisotopic (exact) mass is 451 g/mol. The summed E-state index contributed by atoms with van der Waals surface area (Å²) in [6, 6.07) is 1.38. The number of hydrogen-bond donors (Lipinski definition) is 5. The third-order valence-corrected chi connectivity index (χ3v) is 6.89. The fourth-order valence-corrected chi connectivity index (χ4v) is 5.19. The van der Waals surface area contributed by atoms with Crippen LogP contribution < -0.4 is 11.4 Å². The van der Waals surface area contributed by atoms with E-state index in [-0.39, 0.29) is 12.2 Å². The number of aromatic nitrogens is 2. The molecule has 4 atom stereocenters. The molecular weight excluding hydrogens is 435 g/mol. The lowest BCUT2D eigenvalue weighted by molar-refractivity contribution is -0.0242. The fraction of sp³-hybridized carbons (Fsp3) is 0.556. The molecule has 27 heavy (non-hydrogen) atoms. The van der Waals surface area contributed by atoms with Crippen LogP contribution in [0.2, 0.25) is 0 Å². The number of phosphoric ester groups is 1. The Hall–Kier alpha value is -0.950. The van der Waals surface area contributed by atoms with Crippen molar-refractivity contribution < 1.29 is 51.2 Å². The van der Waals surface area contributed by atoms with Gasteiger partial charge in [0.25, 0.3) is 0 Å². The third kappa shape index (κ3) is 7.18. The number of ether oxygens (including phenoxy) is 1. The van der Waals surface area contributed by atoms with Crippen molar-refractivity contribution in [2.75, 3.05) is 12.3 Å². The van der Waals surface area contributed by atoms with Crippen LogP contribution >= 0.6 is 23.5 Å². The number of nitrogens with zero attached hydrogens (tertiary/aromatic N) is 2. The Labute approximate surface area is 151 Å². The molecule has 1 aromatic rings. The molecule has 2 rings (SSSR count). The van der Waals surface area contributed by atoms with E-state index in [1.165, 1.54) is 12.3 Å². The zero-order valence-electron chi connectivity index (χ0n) is 13.3. The lowest BCUT2D eigenvalue weighted by atomic mass is 10.2. The van der Waals surface area contributed by atoms with Crippen LogP contribution in [0.4, 0.5) is 5.82 Å². The molecule has 154 valence electrons. The lowest BCUT2D eigenvalue weighted by Gasteiger charge is -2.18. The van der Waals surface area contributed by atoms with Gasteiger partial charge in [-0.05, 0) is 18.9 Å². The highest BCUT2D eigenvalue weighted by Crippen LogP contribution is 2.66. The molecule has 0 aromatic carbocycles. The Kier molecular flexibility index (Phi) is 6.78. The van der Waals surface area contributed by atoms with Crippen molar-refractivity contribution in [2.45, 2.75) is 25.2 Å². The largest absolute Gasteiger partial charge is 0.490 e. The number of anilines is 1. The molecule has 0 spiro atoms. The minimum Gasteiger partial charge on any atom is -0.383 e. The molecule has 0 amide bonds. The van der Waals surface area contributed by atoms with Crippen LogP contribution in [0.3, 0.4) is 0 Å². The van der Waals surface area contributed by atoms with Crippen LogP contribution in [0.15, 0.2) is 17.1 Å². The second kappa shape index (κ2) is 8.19. The molecule has 15 nitrogen and oxygen atoms in total. The van der Waals surface area contributed by atoms with Gasteiger partial charge < -0.3 is 30.0 Å². The molecule has 0 radical (unpaired) electrons. The predicted molar refractivity (Wildman–Crippen MR) is 85.9 cm³/mol. The Balaban J connectivity index is 1.91. The molecule has 6 N–H and O–H groups in total. The van der Waals surface area contributed by atoms with E-state index in [1.807, 2.05) is 0 Å². The molecule has 18 heteroatoms. The molecular formula is C9H16N3O12P3. The second-order valence-corrected chi connectivity index (χ2v) is 9.64. The van der Waals surface area contributed by atoms with Gasteiger partial charge in [-0.25, -0.2) is 18.5 Å². The van der Waals surface area contributed by atoms with Crippen LogP contribution in [0.1, 0.15) is 19.1 Å². The summed E-state index contributed by atoms with van der Waals surface area (Å²) in [4.78, 5) is 50.6. The van der Waals surface area contributed by atoms with Crippen LogP contribution in [0.25, 0.3) is 0 Å². The SMILES string of the molecule is Nc1ccn([C@H]2CCC(COP(=O)(O)OP(=O)(O)OP(=O)(O)O)O2)c(=O)n1. The van der Waals surface area contributed by atoms with Crippen molar-refractivity contribution in [2.24, 2.45) is 0 Å². The molecule has 0 aliphatic carbocycles. The van der Waals surface area contributed by atoms with E-state index >= 15 is 0 Å². The fourth-order valence-electron chi connectivity index (χ4n) is 2.14. The standard InChI is InChI=1S/C9H16N3O12P3/c10-7-3-4-12(9(13)11-7)8-2-1-6(22-8)5-21-26(17,18)24-27(19,20)23-25(14,15)16/h3-4,6,8H,1-2,5H2,(H,17,18)(H,19,20)(H2,10,11,13)(H2,14,15,16)/t6?,8-/m1/s1. The summed E-state index contributed by atoms with van der Waals surface area (Å²) >= 11 is 0. The molecule has 1 saturated heterocycles. The van der Waals surface area contributed by atoms with Gasteiger partial charge in [0, 0.05) is 6.20 Å². The van der Waals surface area contributed by atoms with Crippen molar-refractivity contribution in [1.29, 1.82) is 0 Å². The summed E-state index contributed by atoms with van der Waals surface area (Å²) in [6.45, 7) is -0.586. The zero-order chi connectivity index (χ0) is 20.5. The zero-order valence-corrected chi connectivity index (χ0v) is 16.0. The number of nitrogens with two attached hydrogens (primary N) is 1. The van der Waals surface area contributed by atoms with Gasteiger partial charge in [0.1, 0.15) is 12.0 Å². The lowest BCUT2D eigenvalue weighted by Crippen LogP contribution is -2.27. The smallest absolute Gasteiger partial charge is 0.383 e. The molecule has 0 saturated carbocycles. The maximum atomic E-state index is 11.7. The maximum absolute atomic E-state index is 11.7. The van der Waals surface area contributed by atoms with Crippen LogP contribution in [0, 0.1) is 0 Å². The maximum Gasteiger partial charge on any atom is 0.490 e. The van der Waals surface area contributed by atoms with Crippen molar-refractivity contribution in [3.63, 3.8) is 0 Å².